The summed E-state index contributed by atoms with van der Waals surface area (Å²) in [6.45, 7) is 6.60. The molecular weight excluding hydrogens is 562 g/mol. The third kappa shape index (κ3) is 4.66. The molecule has 0 amide bonds. The first-order valence-electron chi connectivity index (χ1n) is 14.1. The summed E-state index contributed by atoms with van der Waals surface area (Å²) in [6.07, 6.45) is -2.84. The Kier molecular flexibility index (Phi) is 6.18. The third-order valence-corrected chi connectivity index (χ3v) is 10.4. The van der Waals surface area contributed by atoms with Crippen molar-refractivity contribution in [3.63, 3.8) is 0 Å². The number of benzene rings is 6. The van der Waals surface area contributed by atoms with Crippen LogP contribution < -0.4 is 5.19 Å². The molecule has 1 aromatic heterocycles. The van der Waals surface area contributed by atoms with Gasteiger partial charge in [-0.15, -0.1) is 0 Å². The summed E-state index contributed by atoms with van der Waals surface area (Å²) in [4.78, 5) is 4.55. The molecule has 6 aromatic carbocycles. The fourth-order valence-electron chi connectivity index (χ4n) is 6.11. The van der Waals surface area contributed by atoms with Gasteiger partial charge in [0, 0.05) is 22.7 Å². The number of hydrogen-bond acceptors (Lipinski definition) is 1. The van der Waals surface area contributed by atoms with Gasteiger partial charge in [0.25, 0.3) is 0 Å². The maximum atomic E-state index is 15.2. The van der Waals surface area contributed by atoms with Crippen LogP contribution in [0.3, 0.4) is 0 Å². The molecule has 43 heavy (non-hydrogen) atoms. The number of hydrogen-bond donors (Lipinski definition) is 0. The summed E-state index contributed by atoms with van der Waals surface area (Å²) in [5, 5.41) is 7.44. The number of rotatable bonds is 3. The van der Waals surface area contributed by atoms with Crippen LogP contribution >= 0.6 is 0 Å². The monoisotopic (exact) mass is 589 g/mol. The van der Waals surface area contributed by atoms with Crippen molar-refractivity contribution in [1.29, 1.82) is 0 Å². The van der Waals surface area contributed by atoms with E-state index in [0.717, 1.165) is 43.1 Å². The fraction of sp³-hybridized carbons (Fsp3) is 0.108. The van der Waals surface area contributed by atoms with Gasteiger partial charge in [-0.05, 0) is 73.6 Å². The van der Waals surface area contributed by atoms with Crippen molar-refractivity contribution in [2.24, 2.45) is 0 Å². The smallest absolute Gasteiger partial charge is 0.256 e. The predicted molar refractivity (Wildman–Crippen MR) is 173 cm³/mol. The second-order valence-corrected chi connectivity index (χ2v) is 17.2. The highest BCUT2D eigenvalue weighted by atomic mass is 28.3. The lowest BCUT2D eigenvalue weighted by molar-refractivity contribution is -0.136. The highest BCUT2D eigenvalue weighted by Crippen LogP contribution is 2.41. The zero-order chi connectivity index (χ0) is 30.1. The van der Waals surface area contributed by atoms with E-state index in [1.807, 2.05) is 60.7 Å². The van der Waals surface area contributed by atoms with Crippen molar-refractivity contribution in [2.45, 2.75) is 25.8 Å². The molecule has 0 bridgehead atoms. The van der Waals surface area contributed by atoms with Crippen molar-refractivity contribution in [1.82, 2.24) is 4.98 Å². The topological polar surface area (TPSA) is 12.9 Å². The fourth-order valence-corrected chi connectivity index (χ4v) is 7.25. The summed E-state index contributed by atoms with van der Waals surface area (Å²) >= 11 is 0. The molecule has 212 valence electrons. The molecule has 1 nitrogen and oxygen atoms in total. The highest BCUT2D eigenvalue weighted by Gasteiger charge is 2.33. The Morgan fingerprint density at radius 3 is 2.00 bits per heavy atom. The minimum atomic E-state index is -4.50. The first-order valence-corrected chi connectivity index (χ1v) is 17.6. The first kappa shape index (κ1) is 27.3. The van der Waals surface area contributed by atoms with Crippen LogP contribution in [-0.4, -0.2) is 13.1 Å². The van der Waals surface area contributed by atoms with Crippen molar-refractivity contribution < 1.29 is 17.6 Å². The second kappa shape index (κ2) is 9.74. The first-order chi connectivity index (χ1) is 20.5. The number of fused-ring (bicyclic) bond motifs is 6. The van der Waals surface area contributed by atoms with Crippen LogP contribution in [0.25, 0.3) is 65.5 Å². The van der Waals surface area contributed by atoms with Gasteiger partial charge in [-0.2, -0.15) is 13.2 Å². The van der Waals surface area contributed by atoms with Crippen LogP contribution in [0, 0.1) is 5.82 Å². The minimum Gasteiger partial charge on any atom is -0.256 e. The Bertz CT molecular complexity index is 2230. The molecule has 0 saturated carbocycles. The van der Waals surface area contributed by atoms with Crippen LogP contribution in [0.4, 0.5) is 17.6 Å². The third-order valence-electron chi connectivity index (χ3n) is 8.35. The Morgan fingerprint density at radius 1 is 0.581 bits per heavy atom. The van der Waals surface area contributed by atoms with Gasteiger partial charge in [-0.1, -0.05) is 97.6 Å². The number of nitrogens with zero attached hydrogens (tertiary/aromatic N) is 1. The second-order valence-electron chi connectivity index (χ2n) is 12.1. The van der Waals surface area contributed by atoms with Gasteiger partial charge >= 0.3 is 6.18 Å². The molecule has 1 heterocycles. The molecule has 0 radical (unpaired) electrons. The molecule has 7 rings (SSSR count). The normalized spacial score (nSPS) is 12.5. The van der Waals surface area contributed by atoms with E-state index in [2.05, 4.69) is 24.6 Å². The van der Waals surface area contributed by atoms with E-state index in [4.69, 9.17) is 0 Å². The van der Waals surface area contributed by atoms with E-state index in [-0.39, 0.29) is 11.2 Å². The number of alkyl halides is 3. The Morgan fingerprint density at radius 2 is 1.23 bits per heavy atom. The van der Waals surface area contributed by atoms with Crippen molar-refractivity contribution >= 4 is 56.4 Å². The SMILES string of the molecule is C[Si](C)(C)c1ccc(-c2ccc3c(ccc4c5ccnc(-c6cc(C(F)(F)F)c7ccccc7c6)c5ccc34)c2)c(F)c1. The average molecular weight is 590 g/mol. The molecule has 0 atom stereocenters. The summed E-state index contributed by atoms with van der Waals surface area (Å²) in [5.74, 6) is -0.214. The van der Waals surface area contributed by atoms with Crippen LogP contribution in [0.15, 0.2) is 109 Å². The van der Waals surface area contributed by atoms with Crippen LogP contribution in [0.1, 0.15) is 5.56 Å². The van der Waals surface area contributed by atoms with E-state index >= 15 is 4.39 Å². The van der Waals surface area contributed by atoms with Crippen LogP contribution in [0.5, 0.6) is 0 Å². The molecule has 0 spiro atoms. The van der Waals surface area contributed by atoms with E-state index in [1.54, 1.807) is 36.5 Å². The van der Waals surface area contributed by atoms with E-state index < -0.39 is 19.8 Å². The molecule has 0 fully saturated rings. The van der Waals surface area contributed by atoms with Gasteiger partial charge in [0.05, 0.1) is 19.3 Å². The van der Waals surface area contributed by atoms with Crippen LogP contribution in [0.2, 0.25) is 19.6 Å². The Hall–Kier alpha value is -4.55. The van der Waals surface area contributed by atoms with Gasteiger partial charge < -0.3 is 0 Å². The maximum absolute atomic E-state index is 15.2. The molecule has 6 heteroatoms. The molecule has 0 N–H and O–H groups in total. The summed E-state index contributed by atoms with van der Waals surface area (Å²) in [5.41, 5.74) is 1.64. The molecule has 0 aliphatic heterocycles. The van der Waals surface area contributed by atoms with Gasteiger partial charge in [-0.3, -0.25) is 4.98 Å². The van der Waals surface area contributed by atoms with Crippen molar-refractivity contribution in [2.75, 3.05) is 0 Å². The molecular formula is C37H27F4NSi. The van der Waals surface area contributed by atoms with Gasteiger partial charge in [0.1, 0.15) is 5.82 Å². The lowest BCUT2D eigenvalue weighted by Gasteiger charge is -2.17. The van der Waals surface area contributed by atoms with Gasteiger partial charge in [0.15, 0.2) is 0 Å². The van der Waals surface area contributed by atoms with E-state index in [1.165, 1.54) is 12.1 Å². The summed E-state index contributed by atoms with van der Waals surface area (Å²) in [6, 6.07) is 31.0. The standard InChI is InChI=1S/C37H27F4NSi/c1-43(2,3)26-10-13-29(35(38)21-26)24-8-11-27-23(18-24)9-12-31-30(27)14-15-33-32(31)16-17-42-36(33)25-19-22-6-4-5-7-28(22)34(20-25)37(39,40)41/h4-21H,1-3H3. The molecule has 0 aliphatic rings. The van der Waals surface area contributed by atoms with Crippen molar-refractivity contribution in [3.8, 4) is 22.4 Å². The zero-order valence-corrected chi connectivity index (χ0v) is 24.9. The lowest BCUT2D eigenvalue weighted by Crippen LogP contribution is -2.37. The average Bonchev–Trinajstić information content (AvgIpc) is 2.98. The van der Waals surface area contributed by atoms with Crippen LogP contribution in [-0.2, 0) is 6.18 Å². The Balaban J connectivity index is 1.38. The number of halogens is 4. The summed E-state index contributed by atoms with van der Waals surface area (Å²) in [7, 11) is -1.63. The Labute approximate surface area is 247 Å². The summed E-state index contributed by atoms with van der Waals surface area (Å²) < 4.78 is 57.4. The largest absolute Gasteiger partial charge is 0.417 e. The quantitative estimate of drug-likeness (QED) is 0.114. The molecule has 0 unspecified atom stereocenters. The lowest BCUT2D eigenvalue weighted by atomic mass is 9.92. The molecule has 0 aliphatic carbocycles. The maximum Gasteiger partial charge on any atom is 0.417 e. The molecule has 0 saturated heterocycles. The minimum absolute atomic E-state index is 0.169. The van der Waals surface area contributed by atoms with Crippen molar-refractivity contribution in [3.05, 3.63) is 121 Å². The van der Waals surface area contributed by atoms with E-state index in [0.29, 0.717) is 22.2 Å². The van der Waals surface area contributed by atoms with E-state index in [9.17, 15) is 13.2 Å². The molecule has 7 aromatic rings. The number of pyridine rings is 1. The highest BCUT2D eigenvalue weighted by molar-refractivity contribution is 6.88. The predicted octanol–water partition coefficient (Wildman–Crippen LogP) is 10.7. The zero-order valence-electron chi connectivity index (χ0n) is 23.9. The van der Waals surface area contributed by atoms with Gasteiger partial charge in [-0.25, -0.2) is 4.39 Å². The van der Waals surface area contributed by atoms with Gasteiger partial charge in [0.2, 0.25) is 0 Å². The number of aromatic nitrogens is 1.